The SMILES string of the molecule is COc1ccc(Oc2ncccc2NC(=O)c2ccc3nc(C(F)F)[nH]c3c2)cc1. The summed E-state index contributed by atoms with van der Waals surface area (Å²) in [6.45, 7) is 0. The fourth-order valence-electron chi connectivity index (χ4n) is 2.79. The number of H-pyrrole nitrogens is 1. The second-order valence-electron chi connectivity index (χ2n) is 6.24. The first-order valence-corrected chi connectivity index (χ1v) is 8.89. The van der Waals surface area contributed by atoms with E-state index in [9.17, 15) is 13.6 Å². The number of alkyl halides is 2. The monoisotopic (exact) mass is 410 g/mol. The number of aromatic nitrogens is 3. The number of halogens is 2. The van der Waals surface area contributed by atoms with Gasteiger partial charge < -0.3 is 19.8 Å². The number of methoxy groups -OCH3 is 1. The number of nitrogens with one attached hydrogen (secondary N) is 2. The molecule has 0 aliphatic rings. The zero-order valence-electron chi connectivity index (χ0n) is 15.7. The molecule has 30 heavy (non-hydrogen) atoms. The standard InChI is InChI=1S/C21H16F2N4O3/c1-29-13-5-7-14(8-6-13)30-21-16(3-2-10-24-21)27-20(28)12-4-9-15-17(11-12)26-19(25-15)18(22)23/h2-11,18H,1H3,(H,25,26)(H,27,28). The number of anilines is 1. The van der Waals surface area contributed by atoms with Gasteiger partial charge in [-0.3, -0.25) is 4.79 Å². The van der Waals surface area contributed by atoms with Gasteiger partial charge in [0.25, 0.3) is 12.3 Å². The second-order valence-corrected chi connectivity index (χ2v) is 6.24. The predicted octanol–water partition coefficient (Wildman–Crippen LogP) is 4.95. The maximum Gasteiger partial charge on any atom is 0.295 e. The number of amides is 1. The summed E-state index contributed by atoms with van der Waals surface area (Å²) in [6, 6.07) is 14.7. The summed E-state index contributed by atoms with van der Waals surface area (Å²) in [7, 11) is 1.57. The van der Waals surface area contributed by atoms with Gasteiger partial charge >= 0.3 is 0 Å². The highest BCUT2D eigenvalue weighted by Gasteiger charge is 2.16. The number of carbonyl (C=O) groups is 1. The van der Waals surface area contributed by atoms with E-state index in [2.05, 4.69) is 20.3 Å². The molecule has 0 radical (unpaired) electrons. The zero-order valence-corrected chi connectivity index (χ0v) is 15.7. The molecule has 2 heterocycles. The maximum absolute atomic E-state index is 12.8. The molecule has 0 bridgehead atoms. The van der Waals surface area contributed by atoms with Gasteiger partial charge in [-0.05, 0) is 54.6 Å². The Bertz CT molecular complexity index is 1190. The van der Waals surface area contributed by atoms with Crippen molar-refractivity contribution < 1.29 is 23.0 Å². The first-order chi connectivity index (χ1) is 14.5. The minimum absolute atomic E-state index is 0.207. The van der Waals surface area contributed by atoms with Crippen molar-refractivity contribution in [2.24, 2.45) is 0 Å². The van der Waals surface area contributed by atoms with Gasteiger partial charge in [-0.1, -0.05) is 0 Å². The molecule has 2 aromatic heterocycles. The highest BCUT2D eigenvalue weighted by Crippen LogP contribution is 2.29. The van der Waals surface area contributed by atoms with Crippen LogP contribution in [0.25, 0.3) is 11.0 Å². The van der Waals surface area contributed by atoms with Gasteiger partial charge in [-0.2, -0.15) is 0 Å². The molecule has 0 saturated heterocycles. The highest BCUT2D eigenvalue weighted by molar-refractivity contribution is 6.06. The van der Waals surface area contributed by atoms with Gasteiger partial charge in [0.05, 0.1) is 18.1 Å². The molecule has 0 unspecified atom stereocenters. The molecule has 2 aromatic carbocycles. The number of fused-ring (bicyclic) bond motifs is 1. The number of aromatic amines is 1. The van der Waals surface area contributed by atoms with Crippen molar-refractivity contribution in [3.8, 4) is 17.4 Å². The summed E-state index contributed by atoms with van der Waals surface area (Å²) in [5, 5.41) is 2.73. The van der Waals surface area contributed by atoms with Crippen molar-refractivity contribution >= 4 is 22.6 Å². The van der Waals surface area contributed by atoms with Gasteiger partial charge in [0.15, 0.2) is 5.82 Å². The molecular formula is C21H16F2N4O3. The average molecular weight is 410 g/mol. The zero-order chi connectivity index (χ0) is 21.1. The third-order valence-electron chi connectivity index (χ3n) is 4.26. The van der Waals surface area contributed by atoms with Crippen LogP contribution in [0.1, 0.15) is 22.6 Å². The van der Waals surface area contributed by atoms with Crippen LogP contribution in [0.2, 0.25) is 0 Å². The number of imidazole rings is 1. The largest absolute Gasteiger partial charge is 0.497 e. The van der Waals surface area contributed by atoms with E-state index in [-0.39, 0.29) is 11.4 Å². The van der Waals surface area contributed by atoms with Crippen molar-refractivity contribution in [3.05, 3.63) is 72.2 Å². The first-order valence-electron chi connectivity index (χ1n) is 8.89. The Labute approximate surface area is 169 Å². The van der Waals surface area contributed by atoms with Crippen LogP contribution in [0.4, 0.5) is 14.5 Å². The molecule has 0 atom stereocenters. The fourth-order valence-corrected chi connectivity index (χ4v) is 2.79. The molecule has 4 aromatic rings. The molecule has 9 heteroatoms. The summed E-state index contributed by atoms with van der Waals surface area (Å²) in [6.07, 6.45) is -1.18. The van der Waals surface area contributed by atoms with Crippen molar-refractivity contribution in [2.75, 3.05) is 12.4 Å². The molecule has 152 valence electrons. The Hall–Kier alpha value is -4.01. The normalized spacial score (nSPS) is 10.9. The lowest BCUT2D eigenvalue weighted by Crippen LogP contribution is -2.12. The minimum atomic E-state index is -2.72. The molecule has 0 saturated carbocycles. The van der Waals surface area contributed by atoms with Crippen LogP contribution in [0.5, 0.6) is 17.4 Å². The van der Waals surface area contributed by atoms with Crippen LogP contribution < -0.4 is 14.8 Å². The van der Waals surface area contributed by atoms with Gasteiger partial charge in [0.1, 0.15) is 17.2 Å². The Kier molecular flexibility index (Phi) is 5.25. The third kappa shape index (κ3) is 4.04. The summed E-state index contributed by atoms with van der Waals surface area (Å²) in [5.41, 5.74) is 1.33. The summed E-state index contributed by atoms with van der Waals surface area (Å²) < 4.78 is 36.5. The number of hydrogen-bond donors (Lipinski definition) is 2. The van der Waals surface area contributed by atoms with E-state index in [4.69, 9.17) is 9.47 Å². The van der Waals surface area contributed by atoms with E-state index in [1.165, 1.54) is 24.4 Å². The molecule has 2 N–H and O–H groups in total. The smallest absolute Gasteiger partial charge is 0.295 e. The molecule has 0 spiro atoms. The number of carbonyl (C=O) groups excluding carboxylic acids is 1. The number of rotatable bonds is 6. The van der Waals surface area contributed by atoms with E-state index in [0.717, 1.165) is 0 Å². The Morgan fingerprint density at radius 1 is 1.10 bits per heavy atom. The molecular weight excluding hydrogens is 394 g/mol. The van der Waals surface area contributed by atoms with Crippen LogP contribution >= 0.6 is 0 Å². The maximum atomic E-state index is 12.8. The second kappa shape index (κ2) is 8.16. The van der Waals surface area contributed by atoms with Crippen molar-refractivity contribution in [3.63, 3.8) is 0 Å². The number of hydrogen-bond acceptors (Lipinski definition) is 5. The number of benzene rings is 2. The molecule has 1 amide bonds. The topological polar surface area (TPSA) is 89.1 Å². The van der Waals surface area contributed by atoms with E-state index in [0.29, 0.717) is 28.2 Å². The van der Waals surface area contributed by atoms with Crippen molar-refractivity contribution in [2.45, 2.75) is 6.43 Å². The Balaban J connectivity index is 1.55. The lowest BCUT2D eigenvalue weighted by Gasteiger charge is -2.11. The minimum Gasteiger partial charge on any atom is -0.497 e. The van der Waals surface area contributed by atoms with E-state index in [1.54, 1.807) is 43.5 Å². The molecule has 4 rings (SSSR count). The van der Waals surface area contributed by atoms with E-state index >= 15 is 0 Å². The van der Waals surface area contributed by atoms with Gasteiger partial charge in [0, 0.05) is 11.8 Å². The highest BCUT2D eigenvalue weighted by atomic mass is 19.3. The first kappa shape index (κ1) is 19.3. The molecule has 7 nitrogen and oxygen atoms in total. The van der Waals surface area contributed by atoms with Crippen LogP contribution in [0.3, 0.4) is 0 Å². The lowest BCUT2D eigenvalue weighted by atomic mass is 10.2. The van der Waals surface area contributed by atoms with Gasteiger partial charge in [-0.25, -0.2) is 18.7 Å². The number of nitrogens with zero attached hydrogens (tertiary/aromatic N) is 2. The summed E-state index contributed by atoms with van der Waals surface area (Å²) >= 11 is 0. The number of pyridine rings is 1. The van der Waals surface area contributed by atoms with E-state index < -0.39 is 18.2 Å². The Morgan fingerprint density at radius 3 is 2.60 bits per heavy atom. The van der Waals surface area contributed by atoms with Crippen molar-refractivity contribution in [1.82, 2.24) is 15.0 Å². The lowest BCUT2D eigenvalue weighted by molar-refractivity contribution is 0.102. The fraction of sp³-hybridized carbons (Fsp3) is 0.0952. The van der Waals surface area contributed by atoms with Crippen LogP contribution in [-0.2, 0) is 0 Å². The molecule has 0 aliphatic carbocycles. The van der Waals surface area contributed by atoms with Crippen LogP contribution in [0.15, 0.2) is 60.8 Å². The molecule has 0 aliphatic heterocycles. The van der Waals surface area contributed by atoms with Gasteiger partial charge in [0.2, 0.25) is 5.88 Å². The third-order valence-corrected chi connectivity index (χ3v) is 4.26. The average Bonchev–Trinajstić information content (AvgIpc) is 3.19. The summed E-state index contributed by atoms with van der Waals surface area (Å²) in [5.74, 6) is 0.519. The Morgan fingerprint density at radius 2 is 1.87 bits per heavy atom. The summed E-state index contributed by atoms with van der Waals surface area (Å²) in [4.78, 5) is 23.2. The van der Waals surface area contributed by atoms with Crippen LogP contribution in [0, 0.1) is 0 Å². The van der Waals surface area contributed by atoms with E-state index in [1.807, 2.05) is 0 Å². The quantitative estimate of drug-likeness (QED) is 0.470. The van der Waals surface area contributed by atoms with Gasteiger partial charge in [-0.15, -0.1) is 0 Å². The predicted molar refractivity (Wildman–Crippen MR) is 106 cm³/mol. The van der Waals surface area contributed by atoms with Crippen LogP contribution in [-0.4, -0.2) is 28.0 Å². The number of ether oxygens (including phenoxy) is 2. The van der Waals surface area contributed by atoms with Crippen molar-refractivity contribution in [1.29, 1.82) is 0 Å². The molecule has 0 fully saturated rings.